The van der Waals surface area contributed by atoms with Crippen molar-refractivity contribution in [3.63, 3.8) is 0 Å². The Bertz CT molecular complexity index is 1380. The van der Waals surface area contributed by atoms with Crippen LogP contribution < -0.4 is 5.32 Å². The number of Topliss-reactive ketones (excluding diaryl/α,β-unsaturated/α-hetero) is 1. The van der Waals surface area contributed by atoms with E-state index < -0.39 is 23.5 Å². The first-order valence-corrected chi connectivity index (χ1v) is 12.8. The van der Waals surface area contributed by atoms with Gasteiger partial charge in [-0.25, -0.2) is 9.18 Å². The summed E-state index contributed by atoms with van der Waals surface area (Å²) in [5.41, 5.74) is 1.17. The van der Waals surface area contributed by atoms with Gasteiger partial charge in [0.1, 0.15) is 11.7 Å². The van der Waals surface area contributed by atoms with E-state index in [4.69, 9.17) is 4.74 Å². The number of aromatic nitrogens is 1. The van der Waals surface area contributed by atoms with E-state index in [-0.39, 0.29) is 43.0 Å². The van der Waals surface area contributed by atoms with Crippen LogP contribution in [0.15, 0.2) is 59.7 Å². The molecule has 4 rings (SSSR count). The summed E-state index contributed by atoms with van der Waals surface area (Å²) in [6.07, 6.45) is 1.98. The van der Waals surface area contributed by atoms with Crippen molar-refractivity contribution in [1.29, 1.82) is 0 Å². The largest absolute Gasteiger partial charge is 0.466 e. The van der Waals surface area contributed by atoms with Crippen LogP contribution in [-0.4, -0.2) is 83.6 Å². The minimum absolute atomic E-state index is 0.00157. The predicted octanol–water partition coefficient (Wildman–Crippen LogP) is 3.13. The molecule has 0 saturated carbocycles. The van der Waals surface area contributed by atoms with Crippen molar-refractivity contribution < 1.29 is 28.3 Å². The van der Waals surface area contributed by atoms with Crippen molar-refractivity contribution in [1.82, 2.24) is 20.1 Å². The first kappa shape index (κ1) is 27.5. The van der Waals surface area contributed by atoms with Gasteiger partial charge in [0.2, 0.25) is 0 Å². The number of hydrogen-bond donors (Lipinski definition) is 2. The molecular weight excluding hydrogens is 505 g/mol. The van der Waals surface area contributed by atoms with Gasteiger partial charge in [-0.15, -0.1) is 0 Å². The molecule has 0 spiro atoms. The van der Waals surface area contributed by atoms with Gasteiger partial charge in [0.15, 0.2) is 0 Å². The van der Waals surface area contributed by atoms with Crippen LogP contribution in [-0.2, 0) is 14.3 Å². The van der Waals surface area contributed by atoms with Gasteiger partial charge in [0, 0.05) is 61.8 Å². The smallest absolute Gasteiger partial charge is 0.342 e. The number of fused-ring (bicyclic) bond motifs is 1. The molecule has 0 atom stereocenters. The van der Waals surface area contributed by atoms with E-state index in [1.54, 1.807) is 13.0 Å². The highest BCUT2D eigenvalue weighted by molar-refractivity contribution is 6.44. The molecule has 10 nitrogen and oxygen atoms in total. The van der Waals surface area contributed by atoms with E-state index in [2.05, 4.69) is 15.3 Å². The molecule has 0 radical (unpaired) electrons. The number of hydrogen-bond acceptors (Lipinski definition) is 5. The van der Waals surface area contributed by atoms with E-state index in [0.29, 0.717) is 37.5 Å². The van der Waals surface area contributed by atoms with Gasteiger partial charge in [0.25, 0.3) is 11.7 Å². The van der Waals surface area contributed by atoms with Crippen molar-refractivity contribution in [3.8, 4) is 0 Å². The molecule has 3 amide bonds. The lowest BCUT2D eigenvalue weighted by atomic mass is 10.1. The zero-order valence-corrected chi connectivity index (χ0v) is 21.6. The number of aromatic amines is 1. The highest BCUT2D eigenvalue weighted by Gasteiger charge is 2.30. The molecule has 2 N–H and O–H groups in total. The number of ketones is 1. The van der Waals surface area contributed by atoms with Crippen LogP contribution in [0.5, 0.6) is 0 Å². The minimum atomic E-state index is -0.779. The second-order valence-electron chi connectivity index (χ2n) is 8.92. The summed E-state index contributed by atoms with van der Waals surface area (Å²) in [5, 5.41) is 2.79. The maximum absolute atomic E-state index is 14.3. The van der Waals surface area contributed by atoms with Crippen molar-refractivity contribution in [3.05, 3.63) is 71.7 Å². The fourth-order valence-electron chi connectivity index (χ4n) is 4.40. The number of H-pyrrole nitrogens is 1. The number of amidine groups is 1. The Morgan fingerprint density at radius 1 is 1.00 bits per heavy atom. The van der Waals surface area contributed by atoms with Crippen molar-refractivity contribution in [2.45, 2.75) is 19.8 Å². The average molecular weight is 536 g/mol. The molecule has 1 fully saturated rings. The van der Waals surface area contributed by atoms with Gasteiger partial charge < -0.3 is 24.8 Å². The first-order chi connectivity index (χ1) is 18.9. The van der Waals surface area contributed by atoms with Crippen LogP contribution in [0, 0.1) is 5.82 Å². The Hall–Kier alpha value is -4.54. The van der Waals surface area contributed by atoms with Crippen LogP contribution >= 0.6 is 0 Å². The normalized spacial score (nSPS) is 13.8. The van der Waals surface area contributed by atoms with Crippen molar-refractivity contribution in [2.24, 2.45) is 4.99 Å². The second kappa shape index (κ2) is 12.8. The van der Waals surface area contributed by atoms with E-state index >= 15 is 0 Å². The molecule has 2 heterocycles. The number of urea groups is 1. The number of amides is 3. The molecule has 39 heavy (non-hydrogen) atoms. The molecule has 0 bridgehead atoms. The predicted molar refractivity (Wildman–Crippen MR) is 143 cm³/mol. The van der Waals surface area contributed by atoms with Crippen LogP contribution in [0.4, 0.5) is 9.18 Å². The van der Waals surface area contributed by atoms with E-state index in [1.165, 1.54) is 23.2 Å². The maximum Gasteiger partial charge on any atom is 0.342 e. The molecule has 1 aliphatic heterocycles. The highest BCUT2D eigenvalue weighted by atomic mass is 19.1. The minimum Gasteiger partial charge on any atom is -0.466 e. The number of rotatable bonds is 8. The van der Waals surface area contributed by atoms with Crippen LogP contribution in [0.25, 0.3) is 10.9 Å². The second-order valence-corrected chi connectivity index (χ2v) is 8.92. The summed E-state index contributed by atoms with van der Waals surface area (Å²) < 4.78 is 19.2. The van der Waals surface area contributed by atoms with E-state index in [9.17, 15) is 23.6 Å². The van der Waals surface area contributed by atoms with Crippen LogP contribution in [0.3, 0.4) is 0 Å². The van der Waals surface area contributed by atoms with Gasteiger partial charge in [-0.1, -0.05) is 36.4 Å². The van der Waals surface area contributed by atoms with Crippen LogP contribution in [0.1, 0.15) is 35.7 Å². The van der Waals surface area contributed by atoms with Crippen molar-refractivity contribution >= 4 is 40.4 Å². The Morgan fingerprint density at radius 2 is 1.72 bits per heavy atom. The quantitative estimate of drug-likeness (QED) is 0.114. The number of carbonyl (C=O) groups excluding carboxylic acids is 4. The van der Waals surface area contributed by atoms with E-state index in [1.807, 2.05) is 35.2 Å². The Kier molecular flexibility index (Phi) is 9.03. The molecule has 204 valence electrons. The number of piperazine rings is 1. The summed E-state index contributed by atoms with van der Waals surface area (Å²) in [4.78, 5) is 60.4. The lowest BCUT2D eigenvalue weighted by Crippen LogP contribution is -2.52. The van der Waals surface area contributed by atoms with Gasteiger partial charge in [-0.3, -0.25) is 14.4 Å². The molecule has 11 heteroatoms. The number of nitrogens with one attached hydrogen (secondary N) is 2. The van der Waals surface area contributed by atoms with Gasteiger partial charge in [-0.2, -0.15) is 4.99 Å². The fraction of sp³-hybridized carbons (Fsp3) is 0.321. The summed E-state index contributed by atoms with van der Waals surface area (Å²) in [6, 6.07) is 13.1. The summed E-state index contributed by atoms with van der Waals surface area (Å²) in [6.45, 7) is 3.44. The number of aliphatic imine (C=N–C) groups is 1. The topological polar surface area (TPSA) is 124 Å². The maximum atomic E-state index is 14.3. The molecule has 3 aromatic rings. The Balaban J connectivity index is 1.40. The summed E-state index contributed by atoms with van der Waals surface area (Å²) in [5.74, 6) is -1.94. The van der Waals surface area contributed by atoms with Crippen molar-refractivity contribution in [2.75, 3.05) is 39.3 Å². The number of halogens is 1. The van der Waals surface area contributed by atoms with Gasteiger partial charge >= 0.3 is 12.0 Å². The average Bonchev–Trinajstić information content (AvgIpc) is 3.40. The monoisotopic (exact) mass is 535 g/mol. The molecule has 0 unspecified atom stereocenters. The lowest BCUT2D eigenvalue weighted by Gasteiger charge is -2.36. The number of benzene rings is 2. The molecular formula is C28H30FN5O5. The molecule has 0 aliphatic carbocycles. The number of esters is 1. The SMILES string of the molecule is CCOC(=O)CCCNC(=O)/N=C(\c1ccccc1)N1CCN(C(=O)C(=O)c2c[nH]c3cccc(F)c23)CC1. The van der Waals surface area contributed by atoms with Crippen LogP contribution in [0.2, 0.25) is 0 Å². The summed E-state index contributed by atoms with van der Waals surface area (Å²) in [7, 11) is 0. The summed E-state index contributed by atoms with van der Waals surface area (Å²) >= 11 is 0. The zero-order chi connectivity index (χ0) is 27.8. The third kappa shape index (κ3) is 6.67. The number of ether oxygens (including phenoxy) is 1. The molecule has 2 aromatic carbocycles. The molecule has 1 saturated heterocycles. The standard InChI is InChI=1S/C28H30FN5O5/c1-2-39-23(35)12-7-13-30-28(38)32-26(19-8-4-3-5-9-19)33-14-16-34(17-15-33)27(37)25(36)20-18-31-22-11-6-10-21(29)24(20)22/h3-6,8-11,18,31H,2,7,12-17H2,1H3,(H,30,38)/b32-26+. The number of nitrogens with zero attached hydrogens (tertiary/aromatic N) is 3. The van der Waals surface area contributed by atoms with Gasteiger partial charge in [-0.05, 0) is 25.5 Å². The van der Waals surface area contributed by atoms with Gasteiger partial charge in [0.05, 0.1) is 12.2 Å². The fourth-order valence-corrected chi connectivity index (χ4v) is 4.40. The third-order valence-corrected chi connectivity index (χ3v) is 6.34. The Morgan fingerprint density at radius 3 is 2.44 bits per heavy atom. The zero-order valence-electron chi connectivity index (χ0n) is 21.6. The Labute approximate surface area is 224 Å². The third-order valence-electron chi connectivity index (χ3n) is 6.34. The molecule has 1 aliphatic rings. The molecule has 1 aromatic heterocycles. The highest BCUT2D eigenvalue weighted by Crippen LogP contribution is 2.23. The first-order valence-electron chi connectivity index (χ1n) is 12.8. The number of carbonyl (C=O) groups is 4. The lowest BCUT2D eigenvalue weighted by molar-refractivity contribution is -0.143. The van der Waals surface area contributed by atoms with E-state index in [0.717, 1.165) is 5.56 Å².